The minimum atomic E-state index is 0.724. The second kappa shape index (κ2) is 11.0. The topological polar surface area (TPSA) is 46.1 Å². The predicted molar refractivity (Wildman–Crippen MR) is 100.0 cm³/mol. The van der Waals surface area contributed by atoms with Crippen LogP contribution in [0.15, 0.2) is 23.2 Å². The van der Waals surface area contributed by atoms with Crippen molar-refractivity contribution in [2.24, 2.45) is 4.99 Å². The van der Waals surface area contributed by atoms with E-state index in [0.717, 1.165) is 54.8 Å². The van der Waals surface area contributed by atoms with Crippen molar-refractivity contribution in [2.45, 2.75) is 19.9 Å². The van der Waals surface area contributed by atoms with Crippen LogP contribution >= 0.6 is 11.8 Å². The van der Waals surface area contributed by atoms with Crippen molar-refractivity contribution >= 4 is 17.7 Å². The highest BCUT2D eigenvalue weighted by atomic mass is 32.2. The predicted octanol–water partition coefficient (Wildman–Crippen LogP) is 2.85. The fourth-order valence-electron chi connectivity index (χ4n) is 2.18. The first kappa shape index (κ1) is 19.5. The zero-order valence-electron chi connectivity index (χ0n) is 14.9. The quantitative estimate of drug-likeness (QED) is 0.426. The van der Waals surface area contributed by atoms with Crippen LogP contribution in [0.5, 0.6) is 11.5 Å². The number of nitrogens with one attached hydrogen (secondary N) is 1. The van der Waals surface area contributed by atoms with E-state index in [1.54, 1.807) is 14.2 Å². The van der Waals surface area contributed by atoms with Crippen molar-refractivity contribution < 1.29 is 9.47 Å². The Balaban J connectivity index is 2.79. The molecule has 1 rings (SSSR count). The summed E-state index contributed by atoms with van der Waals surface area (Å²) in [6, 6.07) is 5.89. The maximum absolute atomic E-state index is 5.47. The lowest BCUT2D eigenvalue weighted by Gasteiger charge is -2.23. The number of nitrogens with zero attached hydrogens (tertiary/aromatic N) is 2. The van der Waals surface area contributed by atoms with Gasteiger partial charge < -0.3 is 19.7 Å². The molecule has 0 aliphatic rings. The number of thioether (sulfide) groups is 1. The van der Waals surface area contributed by atoms with Gasteiger partial charge in [0.1, 0.15) is 11.5 Å². The molecule has 0 aromatic heterocycles. The van der Waals surface area contributed by atoms with E-state index in [9.17, 15) is 0 Å². The van der Waals surface area contributed by atoms with Gasteiger partial charge in [-0.1, -0.05) is 0 Å². The van der Waals surface area contributed by atoms with Gasteiger partial charge in [-0.15, -0.1) is 0 Å². The smallest absolute Gasteiger partial charge is 0.193 e. The first-order valence-electron chi connectivity index (χ1n) is 7.85. The van der Waals surface area contributed by atoms with Gasteiger partial charge in [0.2, 0.25) is 0 Å². The van der Waals surface area contributed by atoms with Crippen molar-refractivity contribution in [3.05, 3.63) is 23.8 Å². The number of benzene rings is 1. The lowest BCUT2D eigenvalue weighted by Crippen LogP contribution is -2.38. The lowest BCUT2D eigenvalue weighted by atomic mass is 10.2. The minimum absolute atomic E-state index is 0.724. The molecular formula is C17H29N3O2S. The highest BCUT2D eigenvalue weighted by molar-refractivity contribution is 7.98. The molecule has 0 spiro atoms. The summed E-state index contributed by atoms with van der Waals surface area (Å²) in [5, 5.41) is 3.34. The number of hydrogen-bond donors (Lipinski definition) is 1. The van der Waals surface area contributed by atoms with E-state index < -0.39 is 0 Å². The van der Waals surface area contributed by atoms with Crippen molar-refractivity contribution in [1.29, 1.82) is 0 Å². The maximum atomic E-state index is 5.47. The van der Waals surface area contributed by atoms with E-state index in [2.05, 4.69) is 28.4 Å². The molecule has 6 heteroatoms. The molecule has 0 aliphatic heterocycles. The van der Waals surface area contributed by atoms with Gasteiger partial charge in [-0.3, -0.25) is 4.99 Å². The number of ether oxygens (including phenoxy) is 2. The van der Waals surface area contributed by atoms with Gasteiger partial charge in [0, 0.05) is 38.3 Å². The van der Waals surface area contributed by atoms with Crippen molar-refractivity contribution in [1.82, 2.24) is 10.2 Å². The zero-order chi connectivity index (χ0) is 17.1. The van der Waals surface area contributed by atoms with Gasteiger partial charge in [0.05, 0.1) is 14.2 Å². The molecule has 0 unspecified atom stereocenters. The Hall–Kier alpha value is -1.56. The van der Waals surface area contributed by atoms with Gasteiger partial charge >= 0.3 is 0 Å². The monoisotopic (exact) mass is 339 g/mol. The molecule has 0 radical (unpaired) electrons. The number of methoxy groups -OCH3 is 2. The van der Waals surface area contributed by atoms with Crippen LogP contribution in [-0.4, -0.2) is 57.2 Å². The average Bonchev–Trinajstić information content (AvgIpc) is 2.57. The van der Waals surface area contributed by atoms with Gasteiger partial charge in [0.15, 0.2) is 5.96 Å². The number of aliphatic imine (C=N–C) groups is 1. The summed E-state index contributed by atoms with van der Waals surface area (Å²) < 4.78 is 10.7. The molecule has 0 aliphatic carbocycles. The normalized spacial score (nSPS) is 11.3. The van der Waals surface area contributed by atoms with E-state index in [1.807, 2.05) is 37.0 Å². The SMILES string of the molecule is CCNC(=NCCCSC)N(C)Cc1ccc(OC)cc1OC. The van der Waals surface area contributed by atoms with E-state index in [0.29, 0.717) is 0 Å². The van der Waals surface area contributed by atoms with E-state index in [1.165, 1.54) is 0 Å². The van der Waals surface area contributed by atoms with Crippen LogP contribution < -0.4 is 14.8 Å². The third-order valence-corrected chi connectivity index (χ3v) is 4.06. The molecule has 23 heavy (non-hydrogen) atoms. The summed E-state index contributed by atoms with van der Waals surface area (Å²) in [6.45, 7) is 4.50. The first-order chi connectivity index (χ1) is 11.2. The van der Waals surface area contributed by atoms with Crippen LogP contribution in [0.2, 0.25) is 0 Å². The molecule has 0 saturated heterocycles. The largest absolute Gasteiger partial charge is 0.497 e. The fourth-order valence-corrected chi connectivity index (χ4v) is 2.59. The third-order valence-electron chi connectivity index (χ3n) is 3.37. The molecule has 0 heterocycles. The van der Waals surface area contributed by atoms with Crippen LogP contribution in [0.4, 0.5) is 0 Å². The maximum Gasteiger partial charge on any atom is 0.193 e. The molecular weight excluding hydrogens is 310 g/mol. The Morgan fingerprint density at radius 2 is 2.09 bits per heavy atom. The van der Waals surface area contributed by atoms with Crippen LogP contribution in [-0.2, 0) is 6.54 Å². The number of hydrogen-bond acceptors (Lipinski definition) is 4. The first-order valence-corrected chi connectivity index (χ1v) is 9.24. The molecule has 0 amide bonds. The van der Waals surface area contributed by atoms with Crippen molar-refractivity contribution in [3.8, 4) is 11.5 Å². The lowest BCUT2D eigenvalue weighted by molar-refractivity contribution is 0.382. The van der Waals surface area contributed by atoms with E-state index in [-0.39, 0.29) is 0 Å². The fraction of sp³-hybridized carbons (Fsp3) is 0.588. The van der Waals surface area contributed by atoms with Gasteiger partial charge in [-0.25, -0.2) is 0 Å². The van der Waals surface area contributed by atoms with Gasteiger partial charge in [0.25, 0.3) is 0 Å². The Kier molecular flexibility index (Phi) is 9.36. The molecule has 0 fully saturated rings. The third kappa shape index (κ3) is 6.60. The number of rotatable bonds is 9. The van der Waals surface area contributed by atoms with Crippen molar-refractivity contribution in [2.75, 3.05) is 46.4 Å². The van der Waals surface area contributed by atoms with Gasteiger partial charge in [-0.05, 0) is 37.5 Å². The number of guanidine groups is 1. The molecule has 130 valence electrons. The highest BCUT2D eigenvalue weighted by Gasteiger charge is 2.11. The zero-order valence-corrected chi connectivity index (χ0v) is 15.7. The molecule has 5 nitrogen and oxygen atoms in total. The highest BCUT2D eigenvalue weighted by Crippen LogP contribution is 2.25. The molecule has 1 aromatic carbocycles. The molecule has 0 atom stereocenters. The summed E-state index contributed by atoms with van der Waals surface area (Å²) in [5.41, 5.74) is 1.10. The Morgan fingerprint density at radius 3 is 2.70 bits per heavy atom. The summed E-state index contributed by atoms with van der Waals surface area (Å²) in [6.07, 6.45) is 3.22. The summed E-state index contributed by atoms with van der Waals surface area (Å²) >= 11 is 1.85. The summed E-state index contributed by atoms with van der Waals surface area (Å²) in [4.78, 5) is 6.81. The van der Waals surface area contributed by atoms with Crippen LogP contribution in [0, 0.1) is 0 Å². The second-order valence-electron chi connectivity index (χ2n) is 5.12. The van der Waals surface area contributed by atoms with Crippen LogP contribution in [0.1, 0.15) is 18.9 Å². The summed E-state index contributed by atoms with van der Waals surface area (Å²) in [5.74, 6) is 3.69. The summed E-state index contributed by atoms with van der Waals surface area (Å²) in [7, 11) is 5.38. The average molecular weight is 340 g/mol. The Morgan fingerprint density at radius 1 is 1.30 bits per heavy atom. The van der Waals surface area contributed by atoms with Gasteiger partial charge in [-0.2, -0.15) is 11.8 Å². The van der Waals surface area contributed by atoms with Crippen LogP contribution in [0.25, 0.3) is 0 Å². The molecule has 0 bridgehead atoms. The second-order valence-corrected chi connectivity index (χ2v) is 6.10. The minimum Gasteiger partial charge on any atom is -0.497 e. The molecule has 1 N–H and O–H groups in total. The van der Waals surface area contributed by atoms with Crippen LogP contribution in [0.3, 0.4) is 0 Å². The van der Waals surface area contributed by atoms with E-state index >= 15 is 0 Å². The Labute approximate surface area is 144 Å². The van der Waals surface area contributed by atoms with E-state index in [4.69, 9.17) is 9.47 Å². The standard InChI is InChI=1S/C17H29N3O2S/c1-6-18-17(19-10-7-11-23-5)20(2)13-14-8-9-15(21-3)12-16(14)22-4/h8-9,12H,6-7,10-11,13H2,1-5H3,(H,18,19). The Bertz CT molecular complexity index is 495. The molecule has 1 aromatic rings. The molecule has 0 saturated carbocycles. The van der Waals surface area contributed by atoms with Crippen molar-refractivity contribution in [3.63, 3.8) is 0 Å².